The van der Waals surface area contributed by atoms with Crippen LogP contribution in [-0.4, -0.2) is 36.6 Å². The maximum Gasteiger partial charge on any atom is 0.00963 e. The predicted molar refractivity (Wildman–Crippen MR) is 65.1 cm³/mol. The van der Waals surface area contributed by atoms with Gasteiger partial charge >= 0.3 is 0 Å². The Labute approximate surface area is 94.4 Å². The summed E-state index contributed by atoms with van der Waals surface area (Å²) < 4.78 is 0. The molecule has 1 N–H and O–H groups in total. The quantitative estimate of drug-likeness (QED) is 0.749. The molecule has 2 aliphatic rings. The van der Waals surface area contributed by atoms with Gasteiger partial charge in [-0.1, -0.05) is 6.92 Å². The first-order valence-corrected chi connectivity index (χ1v) is 6.76. The standard InChI is InChI=1S/C13H26N2/c1-3-10-14-11-4-6-12(7-5-11)15(2)13-8-9-13/h11-14H,3-10H2,1-2H3. The summed E-state index contributed by atoms with van der Waals surface area (Å²) in [7, 11) is 2.34. The zero-order valence-electron chi connectivity index (χ0n) is 10.3. The van der Waals surface area contributed by atoms with Crippen molar-refractivity contribution in [2.24, 2.45) is 0 Å². The van der Waals surface area contributed by atoms with E-state index in [1.54, 1.807) is 0 Å². The summed E-state index contributed by atoms with van der Waals surface area (Å²) in [6.45, 7) is 3.45. The number of hydrogen-bond donors (Lipinski definition) is 1. The van der Waals surface area contributed by atoms with Crippen molar-refractivity contribution >= 4 is 0 Å². The van der Waals surface area contributed by atoms with E-state index in [1.165, 1.54) is 51.5 Å². The highest BCUT2D eigenvalue weighted by Gasteiger charge is 2.32. The van der Waals surface area contributed by atoms with E-state index >= 15 is 0 Å². The lowest BCUT2D eigenvalue weighted by molar-refractivity contribution is 0.167. The van der Waals surface area contributed by atoms with Gasteiger partial charge in [0.05, 0.1) is 0 Å². The minimum Gasteiger partial charge on any atom is -0.314 e. The lowest BCUT2D eigenvalue weighted by atomic mass is 9.90. The van der Waals surface area contributed by atoms with E-state index in [1.807, 2.05) is 0 Å². The third-order valence-electron chi connectivity index (χ3n) is 4.08. The van der Waals surface area contributed by atoms with Crippen LogP contribution in [0.4, 0.5) is 0 Å². The molecule has 0 bridgehead atoms. The summed E-state index contributed by atoms with van der Waals surface area (Å²) in [6, 6.07) is 2.64. The Balaban J connectivity index is 1.67. The van der Waals surface area contributed by atoms with E-state index in [0.717, 1.165) is 18.1 Å². The van der Waals surface area contributed by atoms with Crippen LogP contribution in [0.3, 0.4) is 0 Å². The molecule has 0 radical (unpaired) electrons. The molecule has 0 heterocycles. The highest BCUT2D eigenvalue weighted by Crippen LogP contribution is 2.32. The summed E-state index contributed by atoms with van der Waals surface area (Å²) in [5.41, 5.74) is 0. The minimum atomic E-state index is 0.814. The summed E-state index contributed by atoms with van der Waals surface area (Å²) in [4.78, 5) is 2.65. The molecule has 2 nitrogen and oxygen atoms in total. The van der Waals surface area contributed by atoms with E-state index in [2.05, 4.69) is 24.2 Å². The highest BCUT2D eigenvalue weighted by molar-refractivity contribution is 4.89. The molecular weight excluding hydrogens is 184 g/mol. The normalized spacial score (nSPS) is 32.2. The van der Waals surface area contributed by atoms with Crippen LogP contribution < -0.4 is 5.32 Å². The van der Waals surface area contributed by atoms with Gasteiger partial charge in [-0.05, 0) is 58.5 Å². The van der Waals surface area contributed by atoms with Crippen molar-refractivity contribution in [3.05, 3.63) is 0 Å². The van der Waals surface area contributed by atoms with Gasteiger partial charge in [0.2, 0.25) is 0 Å². The fraction of sp³-hybridized carbons (Fsp3) is 1.00. The molecule has 0 aromatic rings. The first-order valence-electron chi connectivity index (χ1n) is 6.76. The van der Waals surface area contributed by atoms with E-state index in [4.69, 9.17) is 0 Å². The number of nitrogens with zero attached hydrogens (tertiary/aromatic N) is 1. The summed E-state index contributed by atoms with van der Waals surface area (Å²) in [6.07, 6.45) is 9.77. The molecule has 0 aromatic heterocycles. The maximum absolute atomic E-state index is 3.66. The lowest BCUT2D eigenvalue weighted by Gasteiger charge is -2.35. The molecule has 0 atom stereocenters. The molecule has 0 aliphatic heterocycles. The zero-order chi connectivity index (χ0) is 10.7. The van der Waals surface area contributed by atoms with Crippen LogP contribution in [-0.2, 0) is 0 Å². The Hall–Kier alpha value is -0.0800. The molecule has 0 aromatic carbocycles. The van der Waals surface area contributed by atoms with E-state index in [-0.39, 0.29) is 0 Å². The molecule has 0 unspecified atom stereocenters. The van der Waals surface area contributed by atoms with Crippen molar-refractivity contribution in [2.75, 3.05) is 13.6 Å². The van der Waals surface area contributed by atoms with Crippen molar-refractivity contribution in [2.45, 2.75) is 70.0 Å². The highest BCUT2D eigenvalue weighted by atomic mass is 15.2. The van der Waals surface area contributed by atoms with Gasteiger partial charge in [-0.2, -0.15) is 0 Å². The van der Waals surface area contributed by atoms with Crippen LogP contribution in [0.15, 0.2) is 0 Å². The molecular formula is C13H26N2. The predicted octanol–water partition coefficient (Wildman–Crippen LogP) is 2.39. The maximum atomic E-state index is 3.66. The smallest absolute Gasteiger partial charge is 0.00963 e. The number of rotatable bonds is 5. The zero-order valence-corrected chi connectivity index (χ0v) is 10.3. The third-order valence-corrected chi connectivity index (χ3v) is 4.08. The van der Waals surface area contributed by atoms with Gasteiger partial charge in [-0.15, -0.1) is 0 Å². The summed E-state index contributed by atoms with van der Waals surface area (Å²) in [5, 5.41) is 3.66. The van der Waals surface area contributed by atoms with Crippen LogP contribution in [0.25, 0.3) is 0 Å². The van der Waals surface area contributed by atoms with Gasteiger partial charge in [-0.3, -0.25) is 0 Å². The van der Waals surface area contributed by atoms with E-state index in [0.29, 0.717) is 0 Å². The molecule has 0 amide bonds. The Morgan fingerprint density at radius 2 is 1.53 bits per heavy atom. The SMILES string of the molecule is CCCNC1CCC(N(C)C2CC2)CC1. The van der Waals surface area contributed by atoms with Crippen molar-refractivity contribution in [3.8, 4) is 0 Å². The van der Waals surface area contributed by atoms with Crippen LogP contribution in [0, 0.1) is 0 Å². The summed E-state index contributed by atoms with van der Waals surface area (Å²) in [5.74, 6) is 0. The Morgan fingerprint density at radius 3 is 2.00 bits per heavy atom. The second kappa shape index (κ2) is 5.31. The first kappa shape index (κ1) is 11.4. The van der Waals surface area contributed by atoms with Crippen molar-refractivity contribution in [1.82, 2.24) is 10.2 Å². The van der Waals surface area contributed by atoms with Gasteiger partial charge in [-0.25, -0.2) is 0 Å². The van der Waals surface area contributed by atoms with Crippen molar-refractivity contribution < 1.29 is 0 Å². The molecule has 2 fully saturated rings. The number of nitrogens with one attached hydrogen (secondary N) is 1. The van der Waals surface area contributed by atoms with Crippen LogP contribution >= 0.6 is 0 Å². The molecule has 2 heteroatoms. The molecule has 2 saturated carbocycles. The Kier molecular flexibility index (Phi) is 4.04. The second-order valence-electron chi connectivity index (χ2n) is 5.36. The Bertz CT molecular complexity index is 181. The fourth-order valence-electron chi connectivity index (χ4n) is 2.82. The minimum absolute atomic E-state index is 0.814. The summed E-state index contributed by atoms with van der Waals surface area (Å²) >= 11 is 0. The van der Waals surface area contributed by atoms with Gasteiger partial charge in [0, 0.05) is 18.1 Å². The molecule has 2 rings (SSSR count). The lowest BCUT2D eigenvalue weighted by Crippen LogP contribution is -2.41. The second-order valence-corrected chi connectivity index (χ2v) is 5.36. The average molecular weight is 210 g/mol. The third kappa shape index (κ3) is 3.18. The van der Waals surface area contributed by atoms with E-state index < -0.39 is 0 Å². The monoisotopic (exact) mass is 210 g/mol. The van der Waals surface area contributed by atoms with Crippen LogP contribution in [0.5, 0.6) is 0 Å². The largest absolute Gasteiger partial charge is 0.314 e. The van der Waals surface area contributed by atoms with Gasteiger partial charge in [0.1, 0.15) is 0 Å². The molecule has 2 aliphatic carbocycles. The molecule has 88 valence electrons. The van der Waals surface area contributed by atoms with Gasteiger partial charge in [0.15, 0.2) is 0 Å². The van der Waals surface area contributed by atoms with Gasteiger partial charge < -0.3 is 10.2 Å². The van der Waals surface area contributed by atoms with Gasteiger partial charge in [0.25, 0.3) is 0 Å². The molecule has 0 saturated heterocycles. The Morgan fingerprint density at radius 1 is 1.00 bits per heavy atom. The van der Waals surface area contributed by atoms with Crippen LogP contribution in [0.2, 0.25) is 0 Å². The van der Waals surface area contributed by atoms with Crippen LogP contribution in [0.1, 0.15) is 51.9 Å². The van der Waals surface area contributed by atoms with Crippen molar-refractivity contribution in [3.63, 3.8) is 0 Å². The molecule has 0 spiro atoms. The van der Waals surface area contributed by atoms with E-state index in [9.17, 15) is 0 Å². The molecule has 15 heavy (non-hydrogen) atoms. The average Bonchev–Trinajstić information content (AvgIpc) is 3.10. The first-order chi connectivity index (χ1) is 7.31. The number of hydrogen-bond acceptors (Lipinski definition) is 2. The fourth-order valence-corrected chi connectivity index (χ4v) is 2.82. The topological polar surface area (TPSA) is 15.3 Å². The van der Waals surface area contributed by atoms with Crippen molar-refractivity contribution in [1.29, 1.82) is 0 Å².